The van der Waals surface area contributed by atoms with Crippen LogP contribution in [0.5, 0.6) is 0 Å². The van der Waals surface area contributed by atoms with Crippen LogP contribution in [0, 0.1) is 0 Å². The number of aromatic nitrogens is 5. The van der Waals surface area contributed by atoms with Crippen LogP contribution >= 0.6 is 15.9 Å². The van der Waals surface area contributed by atoms with Crippen molar-refractivity contribution in [3.63, 3.8) is 0 Å². The molecule has 4 rings (SSSR count). The van der Waals surface area contributed by atoms with E-state index in [1.54, 1.807) is 51.3 Å². The molecule has 0 aliphatic heterocycles. The van der Waals surface area contributed by atoms with E-state index in [0.717, 1.165) is 0 Å². The van der Waals surface area contributed by atoms with Gasteiger partial charge in [-0.25, -0.2) is 0 Å². The maximum atomic E-state index is 13.1. The van der Waals surface area contributed by atoms with E-state index in [2.05, 4.69) is 59.3 Å². The second-order valence-electron chi connectivity index (χ2n) is 10.5. The summed E-state index contributed by atoms with van der Waals surface area (Å²) in [5.74, 6) is -2.29. The maximum absolute atomic E-state index is 13.1. The van der Waals surface area contributed by atoms with Gasteiger partial charge in [-0.1, -0.05) is 11.7 Å². The molecule has 8 N–H and O–H groups in total. The van der Waals surface area contributed by atoms with E-state index in [1.165, 1.54) is 38.1 Å². The molecule has 0 saturated carbocycles. The fourth-order valence-corrected chi connectivity index (χ4v) is 4.63. The Bertz CT molecular complexity index is 1960. The highest BCUT2D eigenvalue weighted by Gasteiger charge is 2.20. The Hall–Kier alpha value is -6.11. The Kier molecular flexibility index (Phi) is 10.5. The van der Waals surface area contributed by atoms with Crippen LogP contribution in [0.15, 0.2) is 59.1 Å². The fourth-order valence-electron chi connectivity index (χ4n) is 4.53. The summed E-state index contributed by atoms with van der Waals surface area (Å²) in [5, 5.41) is 28.9. The SMILES string of the molecule is C=C(Br)C(=O)Nc1cc(C(=O)Nc2cc(C(=O)Nc3cc(C(=O)Nc4cc(C(=O)NCCC(N)=NO)n(C)c4)n(C)c3)n(C)c2)n(C)n1. The summed E-state index contributed by atoms with van der Waals surface area (Å²) >= 11 is 2.98. The van der Waals surface area contributed by atoms with Gasteiger partial charge in [0.05, 0.1) is 21.5 Å². The van der Waals surface area contributed by atoms with Gasteiger partial charge in [0.25, 0.3) is 29.5 Å². The number of hydrogen-bond acceptors (Lipinski definition) is 8. The van der Waals surface area contributed by atoms with Crippen LogP contribution in [0.4, 0.5) is 22.9 Å². The van der Waals surface area contributed by atoms with Gasteiger partial charge in [-0.3, -0.25) is 28.7 Å². The van der Waals surface area contributed by atoms with E-state index in [1.807, 2.05) is 0 Å². The van der Waals surface area contributed by atoms with Crippen molar-refractivity contribution in [2.45, 2.75) is 6.42 Å². The van der Waals surface area contributed by atoms with Crippen molar-refractivity contribution in [3.8, 4) is 0 Å². The molecule has 4 heterocycles. The highest BCUT2D eigenvalue weighted by Crippen LogP contribution is 2.20. The summed E-state index contributed by atoms with van der Waals surface area (Å²) in [6.07, 6.45) is 4.85. The van der Waals surface area contributed by atoms with Gasteiger partial charge in [0.2, 0.25) is 0 Å². The second-order valence-corrected chi connectivity index (χ2v) is 11.5. The van der Waals surface area contributed by atoms with Crippen LogP contribution < -0.4 is 32.3 Å². The minimum absolute atomic E-state index is 0.0195. The van der Waals surface area contributed by atoms with Gasteiger partial charge in [-0.05, 0) is 34.1 Å². The van der Waals surface area contributed by atoms with Gasteiger partial charge in [0.15, 0.2) is 5.82 Å². The number of nitrogens with one attached hydrogen (secondary N) is 5. The van der Waals surface area contributed by atoms with Crippen LogP contribution in [-0.4, -0.2) is 70.6 Å². The number of amidine groups is 1. The maximum Gasteiger partial charge on any atom is 0.274 e. The minimum Gasteiger partial charge on any atom is -0.409 e. The van der Waals surface area contributed by atoms with Crippen molar-refractivity contribution in [1.29, 1.82) is 0 Å². The molecule has 0 bridgehead atoms. The Labute approximate surface area is 281 Å². The highest BCUT2D eigenvalue weighted by molar-refractivity contribution is 9.12. The number of amides is 5. The number of halogens is 1. The van der Waals surface area contributed by atoms with Crippen molar-refractivity contribution >= 4 is 74.2 Å². The molecule has 0 radical (unpaired) electrons. The van der Waals surface area contributed by atoms with Crippen molar-refractivity contribution in [1.82, 2.24) is 28.8 Å². The average molecular weight is 726 g/mol. The van der Waals surface area contributed by atoms with E-state index in [4.69, 9.17) is 10.9 Å². The van der Waals surface area contributed by atoms with E-state index in [0.29, 0.717) is 17.1 Å². The molecule has 252 valence electrons. The third-order valence-corrected chi connectivity index (χ3v) is 7.24. The summed E-state index contributed by atoms with van der Waals surface area (Å²) in [7, 11) is 6.45. The number of aryl methyl sites for hydroxylation is 4. The summed E-state index contributed by atoms with van der Waals surface area (Å²) in [6, 6.07) is 5.87. The number of nitrogens with zero attached hydrogens (tertiary/aromatic N) is 6. The molecule has 0 aromatic carbocycles. The third kappa shape index (κ3) is 8.18. The summed E-state index contributed by atoms with van der Waals surface area (Å²) in [6.45, 7) is 3.64. The third-order valence-electron chi connectivity index (χ3n) is 6.88. The molecular formula is C29H33BrN12O6. The summed E-state index contributed by atoms with van der Waals surface area (Å²) in [5.41, 5.74) is 7.33. The molecule has 0 saturated heterocycles. The lowest BCUT2D eigenvalue weighted by Gasteiger charge is -2.04. The van der Waals surface area contributed by atoms with E-state index >= 15 is 0 Å². The predicted molar refractivity (Wildman–Crippen MR) is 180 cm³/mol. The number of hydrogen-bond donors (Lipinski definition) is 7. The zero-order chi connectivity index (χ0) is 35.3. The van der Waals surface area contributed by atoms with Gasteiger partial charge in [0.1, 0.15) is 28.6 Å². The van der Waals surface area contributed by atoms with E-state index in [9.17, 15) is 24.0 Å². The molecule has 0 spiro atoms. The summed E-state index contributed by atoms with van der Waals surface area (Å²) < 4.78 is 5.99. The van der Waals surface area contributed by atoms with Crippen molar-refractivity contribution in [2.24, 2.45) is 39.1 Å². The van der Waals surface area contributed by atoms with Crippen LogP contribution in [0.2, 0.25) is 0 Å². The number of carbonyl (C=O) groups excluding carboxylic acids is 5. The monoisotopic (exact) mass is 724 g/mol. The Morgan fingerprint density at radius 2 is 1.21 bits per heavy atom. The van der Waals surface area contributed by atoms with Gasteiger partial charge in [-0.15, -0.1) is 0 Å². The standard InChI is InChI=1S/C29H33BrN12O6/c1-15(30)25(43)36-24-11-22(42(5)37-24)29(47)35-18-10-21(41(4)14-18)28(46)34-17-9-20(40(3)13-17)27(45)33-16-8-19(39(2)12-16)26(44)32-7-6-23(31)38-48/h8-14,48H,1,6-7H2,2-5H3,(H2,31,38)(H,32,44)(H,33,45)(H,34,46)(H,35,47)(H,36,37,43). The summed E-state index contributed by atoms with van der Waals surface area (Å²) in [4.78, 5) is 63.5. The van der Waals surface area contributed by atoms with Crippen LogP contribution in [0.25, 0.3) is 0 Å². The Balaban J connectivity index is 1.38. The first kappa shape index (κ1) is 34.8. The molecule has 0 unspecified atom stereocenters. The first-order valence-electron chi connectivity index (χ1n) is 14.0. The fraction of sp³-hybridized carbons (Fsp3) is 0.207. The van der Waals surface area contributed by atoms with Crippen molar-refractivity contribution in [3.05, 3.63) is 76.7 Å². The second kappa shape index (κ2) is 14.5. The zero-order valence-corrected chi connectivity index (χ0v) is 27.9. The Morgan fingerprint density at radius 1 is 0.771 bits per heavy atom. The minimum atomic E-state index is -0.524. The number of rotatable bonds is 12. The number of oxime groups is 1. The van der Waals surface area contributed by atoms with Gasteiger partial charge in [-0.2, -0.15) is 5.10 Å². The van der Waals surface area contributed by atoms with E-state index in [-0.39, 0.29) is 51.9 Å². The van der Waals surface area contributed by atoms with Crippen molar-refractivity contribution < 1.29 is 29.2 Å². The van der Waals surface area contributed by atoms with E-state index < -0.39 is 29.5 Å². The molecule has 4 aromatic rings. The first-order chi connectivity index (χ1) is 22.7. The molecule has 18 nitrogen and oxygen atoms in total. The molecular weight excluding hydrogens is 692 g/mol. The first-order valence-corrected chi connectivity index (χ1v) is 14.8. The highest BCUT2D eigenvalue weighted by atomic mass is 79.9. The smallest absolute Gasteiger partial charge is 0.274 e. The number of anilines is 4. The van der Waals surface area contributed by atoms with Crippen LogP contribution in [0.1, 0.15) is 48.4 Å². The van der Waals surface area contributed by atoms with Gasteiger partial charge in [0, 0.05) is 65.8 Å². The molecule has 48 heavy (non-hydrogen) atoms. The predicted octanol–water partition coefficient (Wildman–Crippen LogP) is 1.91. The van der Waals surface area contributed by atoms with Crippen LogP contribution in [0.3, 0.4) is 0 Å². The normalized spacial score (nSPS) is 11.1. The quantitative estimate of drug-likeness (QED) is 0.0374. The molecule has 4 aromatic heterocycles. The molecule has 5 amide bonds. The van der Waals surface area contributed by atoms with Crippen molar-refractivity contribution in [2.75, 3.05) is 27.8 Å². The zero-order valence-electron chi connectivity index (χ0n) is 26.3. The average Bonchev–Trinajstić information content (AvgIpc) is 3.78. The van der Waals surface area contributed by atoms with Gasteiger partial charge < -0.3 is 51.2 Å². The largest absolute Gasteiger partial charge is 0.409 e. The number of nitrogens with two attached hydrogens (primary N) is 1. The number of carbonyl (C=O) groups is 5. The topological polar surface area (TPSA) is 237 Å². The lowest BCUT2D eigenvalue weighted by molar-refractivity contribution is -0.112. The Morgan fingerprint density at radius 3 is 1.65 bits per heavy atom. The lowest BCUT2D eigenvalue weighted by Crippen LogP contribution is -2.29. The van der Waals surface area contributed by atoms with Crippen LogP contribution in [-0.2, 0) is 33.0 Å². The van der Waals surface area contributed by atoms with Gasteiger partial charge >= 0.3 is 0 Å². The molecule has 0 aliphatic rings. The molecule has 19 heteroatoms. The molecule has 0 fully saturated rings. The molecule has 0 atom stereocenters. The molecule has 0 aliphatic carbocycles. The lowest BCUT2D eigenvalue weighted by atomic mass is 10.3.